The molecule has 0 aliphatic rings. The summed E-state index contributed by atoms with van der Waals surface area (Å²) < 4.78 is 22.1. The van der Waals surface area contributed by atoms with E-state index in [9.17, 15) is 8.42 Å². The first-order valence-corrected chi connectivity index (χ1v) is 4.55. The lowest BCUT2D eigenvalue weighted by atomic mass is 10.4. The number of hydrogen-bond donors (Lipinski definition) is 0. The van der Waals surface area contributed by atoms with E-state index >= 15 is 0 Å². The van der Waals surface area contributed by atoms with Gasteiger partial charge in [0, 0.05) is 5.41 Å². The monoisotopic (exact) mass is 167 g/mol. The van der Waals surface area contributed by atoms with Crippen molar-refractivity contribution in [3.8, 4) is 0 Å². The quantitative estimate of drug-likeness (QED) is 0.667. The fraction of sp³-hybridized carbons (Fsp3) is 0. The molecule has 1 rings (SSSR count). The second-order valence-corrected chi connectivity index (χ2v) is 3.84. The van der Waals surface area contributed by atoms with Gasteiger partial charge in [-0.1, -0.05) is 18.7 Å². The van der Waals surface area contributed by atoms with Gasteiger partial charge in [-0.2, -0.15) is 0 Å². The average molecular weight is 167 g/mol. The van der Waals surface area contributed by atoms with Gasteiger partial charge in [0.2, 0.25) is 0 Å². The van der Waals surface area contributed by atoms with Crippen LogP contribution in [0.15, 0.2) is 41.1 Å². The van der Waals surface area contributed by atoms with E-state index in [4.69, 9.17) is 0 Å². The Balaban J connectivity index is 3.24. The molecule has 0 saturated carbocycles. The number of rotatable bonds is 2. The van der Waals surface area contributed by atoms with E-state index in [1.807, 2.05) is 0 Å². The smallest absolute Gasteiger partial charge is 0.199 e. The molecule has 11 heavy (non-hydrogen) atoms. The predicted molar refractivity (Wildman–Crippen MR) is 42.7 cm³/mol. The molecule has 0 aliphatic heterocycles. The third-order valence-corrected chi connectivity index (χ3v) is 2.60. The molecular formula is C8H7O2S. The zero-order chi connectivity index (χ0) is 8.32. The van der Waals surface area contributed by atoms with Crippen molar-refractivity contribution in [3.05, 3.63) is 42.3 Å². The average Bonchev–Trinajstić information content (AvgIpc) is 2.06. The van der Waals surface area contributed by atoms with Crippen molar-refractivity contribution >= 4 is 9.84 Å². The zero-order valence-electron chi connectivity index (χ0n) is 5.82. The molecule has 0 bridgehead atoms. The minimum Gasteiger partial charge on any atom is -0.219 e. The van der Waals surface area contributed by atoms with Crippen LogP contribution < -0.4 is 0 Å². The highest BCUT2D eigenvalue weighted by Gasteiger charge is 2.06. The van der Waals surface area contributed by atoms with E-state index in [1.54, 1.807) is 12.1 Å². The van der Waals surface area contributed by atoms with E-state index in [1.165, 1.54) is 12.1 Å². The van der Waals surface area contributed by atoms with Crippen LogP contribution in [0.25, 0.3) is 0 Å². The first kappa shape index (κ1) is 8.01. The molecule has 1 aromatic carbocycles. The number of benzene rings is 1. The summed E-state index contributed by atoms with van der Waals surface area (Å²) in [5.74, 6) is 0. The maximum absolute atomic E-state index is 11.1. The van der Waals surface area contributed by atoms with Gasteiger partial charge in [0.1, 0.15) is 0 Å². The lowest BCUT2D eigenvalue weighted by molar-refractivity contribution is 0.604. The van der Waals surface area contributed by atoms with Gasteiger partial charge < -0.3 is 0 Å². The van der Waals surface area contributed by atoms with Crippen LogP contribution in [-0.2, 0) is 9.84 Å². The predicted octanol–water partition coefficient (Wildman–Crippen LogP) is 1.40. The molecule has 2 nitrogen and oxygen atoms in total. The maximum atomic E-state index is 11.1. The molecular weight excluding hydrogens is 160 g/mol. The van der Waals surface area contributed by atoms with Crippen LogP contribution in [-0.4, -0.2) is 8.42 Å². The van der Waals surface area contributed by atoms with Crippen LogP contribution in [0.3, 0.4) is 0 Å². The van der Waals surface area contributed by atoms with Crippen molar-refractivity contribution < 1.29 is 8.42 Å². The Morgan fingerprint density at radius 2 is 1.91 bits per heavy atom. The van der Waals surface area contributed by atoms with E-state index < -0.39 is 9.84 Å². The third-order valence-electron chi connectivity index (χ3n) is 1.24. The molecule has 0 heterocycles. The van der Waals surface area contributed by atoms with E-state index in [0.717, 1.165) is 5.41 Å². The first-order chi connectivity index (χ1) is 5.17. The molecule has 0 atom stereocenters. The summed E-state index contributed by atoms with van der Waals surface area (Å²) >= 11 is 0. The highest BCUT2D eigenvalue weighted by Crippen LogP contribution is 2.09. The van der Waals surface area contributed by atoms with Crippen LogP contribution in [0, 0.1) is 6.07 Å². The lowest BCUT2D eigenvalue weighted by Crippen LogP contribution is -1.93. The zero-order valence-corrected chi connectivity index (χ0v) is 6.64. The Labute approximate surface area is 66.1 Å². The summed E-state index contributed by atoms with van der Waals surface area (Å²) in [5, 5.41) is 0.933. The molecule has 0 amide bonds. The molecule has 0 fully saturated rings. The minimum absolute atomic E-state index is 0.256. The normalized spacial score (nSPS) is 10.9. The van der Waals surface area contributed by atoms with Gasteiger partial charge in [-0.3, -0.25) is 0 Å². The topological polar surface area (TPSA) is 34.1 Å². The van der Waals surface area contributed by atoms with Gasteiger partial charge >= 0.3 is 0 Å². The standard InChI is InChI=1S/C8H7O2S/c1-2-11(9,10)8-6-4-3-5-7-8/h2,4-7H,1H2. The van der Waals surface area contributed by atoms with Crippen molar-refractivity contribution in [1.82, 2.24) is 0 Å². The van der Waals surface area contributed by atoms with Crippen LogP contribution >= 0.6 is 0 Å². The second kappa shape index (κ2) is 2.88. The van der Waals surface area contributed by atoms with E-state index in [0.29, 0.717) is 0 Å². The maximum Gasteiger partial charge on any atom is 0.199 e. The lowest BCUT2D eigenvalue weighted by Gasteiger charge is -1.94. The highest BCUT2D eigenvalue weighted by atomic mass is 32.2. The number of sulfone groups is 1. The Morgan fingerprint density at radius 3 is 2.36 bits per heavy atom. The van der Waals surface area contributed by atoms with Gasteiger partial charge in [-0.25, -0.2) is 8.42 Å². The SMILES string of the molecule is C=CS(=O)(=O)c1cc[c]cc1. The summed E-state index contributed by atoms with van der Waals surface area (Å²) in [5.41, 5.74) is 0. The molecule has 0 unspecified atom stereocenters. The molecule has 0 N–H and O–H groups in total. The van der Waals surface area contributed by atoms with E-state index in [2.05, 4.69) is 12.6 Å². The Hall–Kier alpha value is -1.09. The van der Waals surface area contributed by atoms with E-state index in [-0.39, 0.29) is 4.90 Å². The van der Waals surface area contributed by atoms with Gasteiger partial charge in [-0.05, 0) is 18.2 Å². The highest BCUT2D eigenvalue weighted by molar-refractivity contribution is 7.94. The molecule has 3 heteroatoms. The fourth-order valence-electron chi connectivity index (χ4n) is 0.658. The molecule has 0 aliphatic carbocycles. The van der Waals surface area contributed by atoms with Gasteiger partial charge in [0.05, 0.1) is 4.90 Å². The Morgan fingerprint density at radius 1 is 1.36 bits per heavy atom. The molecule has 1 aromatic rings. The molecule has 0 saturated heterocycles. The van der Waals surface area contributed by atoms with Crippen LogP contribution in [0.1, 0.15) is 0 Å². The van der Waals surface area contributed by atoms with Crippen LogP contribution in [0.4, 0.5) is 0 Å². The fourth-order valence-corrected chi connectivity index (χ4v) is 1.37. The van der Waals surface area contributed by atoms with Gasteiger partial charge in [0.15, 0.2) is 9.84 Å². The first-order valence-electron chi connectivity index (χ1n) is 3.00. The second-order valence-electron chi connectivity index (χ2n) is 1.95. The summed E-state index contributed by atoms with van der Waals surface area (Å²) in [6.45, 7) is 3.21. The Bertz CT molecular complexity index is 338. The largest absolute Gasteiger partial charge is 0.219 e. The van der Waals surface area contributed by atoms with Crippen LogP contribution in [0.2, 0.25) is 0 Å². The molecule has 1 radical (unpaired) electrons. The van der Waals surface area contributed by atoms with Gasteiger partial charge in [-0.15, -0.1) is 0 Å². The molecule has 0 aromatic heterocycles. The van der Waals surface area contributed by atoms with Crippen molar-refractivity contribution in [2.24, 2.45) is 0 Å². The van der Waals surface area contributed by atoms with Crippen molar-refractivity contribution in [1.29, 1.82) is 0 Å². The molecule has 0 spiro atoms. The minimum atomic E-state index is -3.25. The summed E-state index contributed by atoms with van der Waals surface area (Å²) in [6.07, 6.45) is 0. The summed E-state index contributed by atoms with van der Waals surface area (Å²) in [7, 11) is -3.25. The van der Waals surface area contributed by atoms with Crippen molar-refractivity contribution in [3.63, 3.8) is 0 Å². The summed E-state index contributed by atoms with van der Waals surface area (Å²) in [4.78, 5) is 0.256. The number of hydrogen-bond acceptors (Lipinski definition) is 2. The Kier molecular flexibility index (Phi) is 2.10. The van der Waals surface area contributed by atoms with Crippen molar-refractivity contribution in [2.75, 3.05) is 0 Å². The summed E-state index contributed by atoms with van der Waals surface area (Å²) in [6, 6.07) is 8.80. The van der Waals surface area contributed by atoms with Crippen LogP contribution in [0.5, 0.6) is 0 Å². The van der Waals surface area contributed by atoms with Crippen molar-refractivity contribution in [2.45, 2.75) is 4.90 Å². The third kappa shape index (κ3) is 1.68. The van der Waals surface area contributed by atoms with Gasteiger partial charge in [0.25, 0.3) is 0 Å². The molecule has 57 valence electrons.